The summed E-state index contributed by atoms with van der Waals surface area (Å²) in [7, 11) is 0. The molecule has 0 fully saturated rings. The number of carbonyl (C=O) groups excluding carboxylic acids is 1. The monoisotopic (exact) mass is 281 g/mol. The van der Waals surface area contributed by atoms with Gasteiger partial charge >= 0.3 is 0 Å². The highest BCUT2D eigenvalue weighted by Crippen LogP contribution is 2.18. The van der Waals surface area contributed by atoms with Crippen molar-refractivity contribution in [1.82, 2.24) is 5.32 Å². The smallest absolute Gasteiger partial charge is 0.223 e. The van der Waals surface area contributed by atoms with Crippen LogP contribution in [0.4, 0.5) is 0 Å². The molecule has 1 aromatic rings. The van der Waals surface area contributed by atoms with Crippen LogP contribution in [0.3, 0.4) is 0 Å². The molecular weight excluding hydrogens is 258 g/mol. The molecule has 1 unspecified atom stereocenters. The van der Waals surface area contributed by atoms with Crippen molar-refractivity contribution < 1.29 is 4.79 Å². The summed E-state index contributed by atoms with van der Waals surface area (Å²) in [6.07, 6.45) is 3.97. The second kappa shape index (κ2) is 8.98. The minimum atomic E-state index is -0.0911. The van der Waals surface area contributed by atoms with E-state index in [1.165, 1.54) is 0 Å². The lowest BCUT2D eigenvalue weighted by Crippen LogP contribution is -2.34. The predicted molar refractivity (Wildman–Crippen MR) is 81.4 cm³/mol. The Morgan fingerprint density at radius 3 is 2.21 bits per heavy atom. The fraction of sp³-hybridized carbons (Fsp3) is 0.562. The summed E-state index contributed by atoms with van der Waals surface area (Å²) in [5.74, 6) is 0.656. The first kappa shape index (κ1) is 16.0. The van der Waals surface area contributed by atoms with Crippen LogP contribution in [0.2, 0.25) is 0 Å². The van der Waals surface area contributed by atoms with Crippen LogP contribution in [0.25, 0.3) is 0 Å². The summed E-state index contributed by atoms with van der Waals surface area (Å²) < 4.78 is 0. The lowest BCUT2D eigenvalue weighted by atomic mass is 9.96. The Balaban J connectivity index is 2.66. The number of rotatable bonds is 8. The molecule has 0 aromatic heterocycles. The van der Waals surface area contributed by atoms with E-state index in [2.05, 4.69) is 19.2 Å². The van der Waals surface area contributed by atoms with E-state index in [9.17, 15) is 4.79 Å². The standard InChI is InChI=1S/C16H24ClNO/c1-3-8-14(9-4-2)16(19)18-15(12-17)13-10-6-5-7-11-13/h5-7,10-11,14-15H,3-4,8-9,12H2,1-2H3,(H,18,19). The molecule has 0 saturated carbocycles. The summed E-state index contributed by atoms with van der Waals surface area (Å²) in [6.45, 7) is 4.23. The van der Waals surface area contributed by atoms with Gasteiger partial charge in [-0.1, -0.05) is 57.0 Å². The Kier molecular flexibility index (Phi) is 7.57. The third-order valence-electron chi connectivity index (χ3n) is 3.32. The van der Waals surface area contributed by atoms with Crippen LogP contribution in [0.15, 0.2) is 30.3 Å². The van der Waals surface area contributed by atoms with Crippen molar-refractivity contribution in [2.75, 3.05) is 5.88 Å². The first-order valence-electron chi connectivity index (χ1n) is 7.14. The maximum absolute atomic E-state index is 12.3. The molecule has 2 nitrogen and oxygen atoms in total. The van der Waals surface area contributed by atoms with Gasteiger partial charge in [0.25, 0.3) is 0 Å². The molecular formula is C16H24ClNO. The first-order valence-corrected chi connectivity index (χ1v) is 7.67. The van der Waals surface area contributed by atoms with E-state index in [1.807, 2.05) is 30.3 Å². The van der Waals surface area contributed by atoms with Gasteiger partial charge in [0.2, 0.25) is 5.91 Å². The highest BCUT2D eigenvalue weighted by molar-refractivity contribution is 6.18. The zero-order valence-electron chi connectivity index (χ0n) is 11.9. The Labute approximate surface area is 121 Å². The third kappa shape index (κ3) is 5.23. The Morgan fingerprint density at radius 1 is 1.16 bits per heavy atom. The summed E-state index contributed by atoms with van der Waals surface area (Å²) in [5.41, 5.74) is 1.07. The average molecular weight is 282 g/mol. The van der Waals surface area contributed by atoms with E-state index >= 15 is 0 Å². The fourth-order valence-electron chi connectivity index (χ4n) is 2.29. The van der Waals surface area contributed by atoms with E-state index in [-0.39, 0.29) is 17.9 Å². The minimum Gasteiger partial charge on any atom is -0.348 e. The summed E-state index contributed by atoms with van der Waals surface area (Å²) >= 11 is 5.99. The van der Waals surface area contributed by atoms with Gasteiger partial charge in [0.1, 0.15) is 0 Å². The highest BCUT2D eigenvalue weighted by Gasteiger charge is 2.20. The van der Waals surface area contributed by atoms with Gasteiger partial charge < -0.3 is 5.32 Å². The number of hydrogen-bond donors (Lipinski definition) is 1. The molecule has 106 valence electrons. The summed E-state index contributed by atoms with van der Waals surface area (Å²) in [6, 6.07) is 9.82. The van der Waals surface area contributed by atoms with Crippen LogP contribution in [0.5, 0.6) is 0 Å². The second-order valence-corrected chi connectivity index (χ2v) is 5.21. The lowest BCUT2D eigenvalue weighted by molar-refractivity contribution is -0.126. The van der Waals surface area contributed by atoms with Crippen LogP contribution >= 0.6 is 11.6 Å². The van der Waals surface area contributed by atoms with Gasteiger partial charge in [-0.15, -0.1) is 11.6 Å². The van der Waals surface area contributed by atoms with Gasteiger partial charge in [-0.2, -0.15) is 0 Å². The number of nitrogens with one attached hydrogen (secondary N) is 1. The number of benzene rings is 1. The van der Waals surface area contributed by atoms with E-state index < -0.39 is 0 Å². The maximum atomic E-state index is 12.3. The third-order valence-corrected chi connectivity index (χ3v) is 3.63. The molecule has 0 aliphatic heterocycles. The van der Waals surface area contributed by atoms with E-state index in [0.717, 1.165) is 31.2 Å². The molecule has 3 heteroatoms. The molecule has 0 bridgehead atoms. The molecule has 1 N–H and O–H groups in total. The van der Waals surface area contributed by atoms with Gasteiger partial charge in [-0.25, -0.2) is 0 Å². The number of amides is 1. The van der Waals surface area contributed by atoms with Crippen LogP contribution < -0.4 is 5.32 Å². The van der Waals surface area contributed by atoms with Gasteiger partial charge in [0, 0.05) is 11.8 Å². The van der Waals surface area contributed by atoms with Crippen molar-refractivity contribution in [3.63, 3.8) is 0 Å². The normalized spacial score (nSPS) is 12.4. The Bertz CT molecular complexity index is 360. The molecule has 1 aromatic carbocycles. The van der Waals surface area contributed by atoms with Crippen LogP contribution in [-0.2, 0) is 4.79 Å². The fourth-order valence-corrected chi connectivity index (χ4v) is 2.54. The van der Waals surface area contributed by atoms with E-state index in [0.29, 0.717) is 5.88 Å². The van der Waals surface area contributed by atoms with E-state index in [1.54, 1.807) is 0 Å². The number of hydrogen-bond acceptors (Lipinski definition) is 1. The zero-order valence-corrected chi connectivity index (χ0v) is 12.6. The van der Waals surface area contributed by atoms with E-state index in [4.69, 9.17) is 11.6 Å². The van der Waals surface area contributed by atoms with Gasteiger partial charge in [-0.05, 0) is 18.4 Å². The summed E-state index contributed by atoms with van der Waals surface area (Å²) in [4.78, 5) is 12.3. The quantitative estimate of drug-likeness (QED) is 0.707. The predicted octanol–water partition coefficient (Wildman–Crippen LogP) is 4.30. The minimum absolute atomic E-state index is 0.0911. The van der Waals surface area contributed by atoms with Crippen LogP contribution in [-0.4, -0.2) is 11.8 Å². The van der Waals surface area contributed by atoms with Crippen molar-refractivity contribution in [1.29, 1.82) is 0 Å². The largest absolute Gasteiger partial charge is 0.348 e. The lowest BCUT2D eigenvalue weighted by Gasteiger charge is -2.21. The van der Waals surface area contributed by atoms with Crippen LogP contribution in [0, 0.1) is 5.92 Å². The number of carbonyl (C=O) groups is 1. The van der Waals surface area contributed by atoms with Crippen molar-refractivity contribution >= 4 is 17.5 Å². The van der Waals surface area contributed by atoms with Crippen molar-refractivity contribution in [2.45, 2.75) is 45.6 Å². The molecule has 19 heavy (non-hydrogen) atoms. The number of alkyl halides is 1. The van der Waals surface area contributed by atoms with Crippen LogP contribution in [0.1, 0.15) is 51.1 Å². The second-order valence-electron chi connectivity index (χ2n) is 4.90. The summed E-state index contributed by atoms with van der Waals surface area (Å²) in [5, 5.41) is 3.08. The average Bonchev–Trinajstić information content (AvgIpc) is 2.45. The molecule has 1 amide bonds. The van der Waals surface area contributed by atoms with Gasteiger partial charge in [0.05, 0.1) is 6.04 Å². The molecule has 0 saturated heterocycles. The van der Waals surface area contributed by atoms with Crippen molar-refractivity contribution in [3.05, 3.63) is 35.9 Å². The molecule has 1 atom stereocenters. The Morgan fingerprint density at radius 2 is 1.74 bits per heavy atom. The molecule has 1 rings (SSSR count). The van der Waals surface area contributed by atoms with Crippen molar-refractivity contribution in [2.24, 2.45) is 5.92 Å². The zero-order chi connectivity index (χ0) is 14.1. The van der Waals surface area contributed by atoms with Crippen molar-refractivity contribution in [3.8, 4) is 0 Å². The molecule has 0 heterocycles. The topological polar surface area (TPSA) is 29.1 Å². The Hall–Kier alpha value is -1.02. The first-order chi connectivity index (χ1) is 9.22. The maximum Gasteiger partial charge on any atom is 0.223 e. The van der Waals surface area contributed by atoms with Gasteiger partial charge in [0.15, 0.2) is 0 Å². The SMILES string of the molecule is CCCC(CCC)C(=O)NC(CCl)c1ccccc1. The molecule has 0 radical (unpaired) electrons. The highest BCUT2D eigenvalue weighted by atomic mass is 35.5. The molecule has 0 aliphatic rings. The number of halogens is 1. The molecule has 0 aliphatic carbocycles. The van der Waals surface area contributed by atoms with Gasteiger partial charge in [-0.3, -0.25) is 4.79 Å². The molecule has 0 spiro atoms.